The van der Waals surface area contributed by atoms with Crippen LogP contribution in [-0.2, 0) is 11.2 Å². The molecule has 1 heterocycles. The second kappa shape index (κ2) is 7.27. The summed E-state index contributed by atoms with van der Waals surface area (Å²) >= 11 is 0. The van der Waals surface area contributed by atoms with E-state index >= 15 is 0 Å². The zero-order valence-corrected chi connectivity index (χ0v) is 13.2. The fourth-order valence-corrected chi connectivity index (χ4v) is 2.77. The minimum Gasteiger partial charge on any atom is -0.454 e. The molecule has 1 atom stereocenters. The highest BCUT2D eigenvalue weighted by Crippen LogP contribution is 2.30. The van der Waals surface area contributed by atoms with Crippen molar-refractivity contribution >= 4 is 11.9 Å². The van der Waals surface area contributed by atoms with E-state index in [1.807, 2.05) is 30.3 Å². The Kier molecular flexibility index (Phi) is 4.91. The van der Waals surface area contributed by atoms with Crippen LogP contribution in [0.1, 0.15) is 44.4 Å². The van der Waals surface area contributed by atoms with E-state index in [9.17, 15) is 9.59 Å². The molecule has 1 aliphatic heterocycles. The molecule has 0 aliphatic carbocycles. The number of hydrogen-bond acceptors (Lipinski definition) is 4. The number of nitrogens with one attached hydrogen (secondary N) is 1. The first-order valence-corrected chi connectivity index (χ1v) is 7.97. The van der Waals surface area contributed by atoms with Crippen LogP contribution < -0.4 is 5.32 Å². The molecule has 1 aliphatic rings. The number of ether oxygens (including phenoxy) is 1. The van der Waals surface area contributed by atoms with Crippen molar-refractivity contribution < 1.29 is 19.4 Å². The van der Waals surface area contributed by atoms with Gasteiger partial charge in [0.05, 0.1) is 5.56 Å². The Morgan fingerprint density at radius 1 is 1.21 bits per heavy atom. The topological polar surface area (TPSA) is 75.6 Å². The summed E-state index contributed by atoms with van der Waals surface area (Å²) in [5, 5.41) is 11.5. The zero-order valence-electron chi connectivity index (χ0n) is 13.2. The molecular weight excluding hydrogens is 306 g/mol. The first-order valence-electron chi connectivity index (χ1n) is 7.97. The standard InChI is InChI=1S/C19H19NO4/c21-10-4-9-20-18(22)14-7-8-16-15(11-14)12-17(24-19(16)23)13-5-2-1-3-6-13/h1-3,5-8,11,17,21H,4,9-10,12H2,(H,20,22). The number of carbonyl (C=O) groups is 2. The lowest BCUT2D eigenvalue weighted by Gasteiger charge is -2.25. The molecule has 24 heavy (non-hydrogen) atoms. The first kappa shape index (κ1) is 16.2. The SMILES string of the molecule is O=C(NCCCO)c1ccc2c(c1)CC(c1ccccc1)OC2=O. The van der Waals surface area contributed by atoms with Gasteiger partial charge in [0.15, 0.2) is 0 Å². The van der Waals surface area contributed by atoms with Gasteiger partial charge in [0.1, 0.15) is 6.10 Å². The number of cyclic esters (lactones) is 1. The highest BCUT2D eigenvalue weighted by atomic mass is 16.5. The number of benzene rings is 2. The molecule has 5 nitrogen and oxygen atoms in total. The van der Waals surface area contributed by atoms with Crippen molar-refractivity contribution in [2.45, 2.75) is 18.9 Å². The minimum absolute atomic E-state index is 0.0368. The number of amides is 1. The molecule has 124 valence electrons. The van der Waals surface area contributed by atoms with Crippen LogP contribution in [0.5, 0.6) is 0 Å². The Balaban J connectivity index is 1.81. The van der Waals surface area contributed by atoms with Gasteiger partial charge < -0.3 is 15.2 Å². The van der Waals surface area contributed by atoms with Crippen LogP contribution in [0.2, 0.25) is 0 Å². The largest absolute Gasteiger partial charge is 0.454 e. The van der Waals surface area contributed by atoms with Crippen molar-refractivity contribution in [2.24, 2.45) is 0 Å². The summed E-state index contributed by atoms with van der Waals surface area (Å²) in [6, 6.07) is 14.6. The summed E-state index contributed by atoms with van der Waals surface area (Å²) in [5.74, 6) is -0.571. The average Bonchev–Trinajstić information content (AvgIpc) is 2.62. The molecule has 3 rings (SSSR count). The van der Waals surface area contributed by atoms with Gasteiger partial charge in [0.25, 0.3) is 5.91 Å². The number of rotatable bonds is 5. The van der Waals surface area contributed by atoms with E-state index in [1.54, 1.807) is 18.2 Å². The lowest BCUT2D eigenvalue weighted by molar-refractivity contribution is 0.0252. The van der Waals surface area contributed by atoms with Gasteiger partial charge in [0.2, 0.25) is 0 Å². The Morgan fingerprint density at radius 3 is 2.75 bits per heavy atom. The van der Waals surface area contributed by atoms with Gasteiger partial charge in [0, 0.05) is 25.1 Å². The number of carbonyl (C=O) groups excluding carboxylic acids is 2. The Hall–Kier alpha value is -2.66. The Bertz CT molecular complexity index is 742. The van der Waals surface area contributed by atoms with Crippen molar-refractivity contribution in [1.82, 2.24) is 5.32 Å². The van der Waals surface area contributed by atoms with Crippen molar-refractivity contribution in [2.75, 3.05) is 13.2 Å². The van der Waals surface area contributed by atoms with E-state index < -0.39 is 0 Å². The summed E-state index contributed by atoms with van der Waals surface area (Å²) in [6.07, 6.45) is 0.723. The van der Waals surface area contributed by atoms with Crippen LogP contribution in [0.3, 0.4) is 0 Å². The van der Waals surface area contributed by atoms with E-state index in [2.05, 4.69) is 5.32 Å². The molecule has 0 bridgehead atoms. The highest BCUT2D eigenvalue weighted by Gasteiger charge is 2.28. The monoisotopic (exact) mass is 325 g/mol. The van der Waals surface area contributed by atoms with E-state index in [4.69, 9.17) is 9.84 Å². The van der Waals surface area contributed by atoms with Crippen molar-refractivity contribution in [3.05, 3.63) is 70.8 Å². The second-order valence-corrected chi connectivity index (χ2v) is 5.71. The molecule has 2 aromatic rings. The summed E-state index contributed by atoms with van der Waals surface area (Å²) in [5.41, 5.74) is 2.77. The lowest BCUT2D eigenvalue weighted by atomic mass is 9.93. The van der Waals surface area contributed by atoms with Gasteiger partial charge in [-0.3, -0.25) is 4.79 Å². The molecular formula is C19H19NO4. The summed E-state index contributed by atoms with van der Waals surface area (Å²) in [4.78, 5) is 24.3. The maximum absolute atomic E-state index is 12.2. The van der Waals surface area contributed by atoms with E-state index in [0.717, 1.165) is 11.1 Å². The smallest absolute Gasteiger partial charge is 0.339 e. The van der Waals surface area contributed by atoms with Gasteiger partial charge in [-0.05, 0) is 35.7 Å². The molecule has 0 saturated heterocycles. The van der Waals surface area contributed by atoms with E-state index in [1.165, 1.54) is 0 Å². The number of esters is 1. The lowest BCUT2D eigenvalue weighted by Crippen LogP contribution is -2.26. The summed E-state index contributed by atoms with van der Waals surface area (Å²) < 4.78 is 5.51. The molecule has 0 spiro atoms. The number of hydrogen-bond donors (Lipinski definition) is 2. The quantitative estimate of drug-likeness (QED) is 0.653. The molecule has 0 fully saturated rings. The Labute approximate surface area is 140 Å². The maximum Gasteiger partial charge on any atom is 0.339 e. The van der Waals surface area contributed by atoms with Crippen molar-refractivity contribution in [3.8, 4) is 0 Å². The highest BCUT2D eigenvalue weighted by molar-refractivity contribution is 5.97. The predicted molar refractivity (Wildman–Crippen MR) is 88.8 cm³/mol. The van der Waals surface area contributed by atoms with Crippen LogP contribution in [0, 0.1) is 0 Å². The summed E-state index contributed by atoms with van der Waals surface area (Å²) in [7, 11) is 0. The molecule has 0 aromatic heterocycles. The van der Waals surface area contributed by atoms with Crippen LogP contribution in [0.15, 0.2) is 48.5 Å². The molecule has 0 saturated carbocycles. The number of aliphatic hydroxyl groups excluding tert-OH is 1. The summed E-state index contributed by atoms with van der Waals surface area (Å²) in [6.45, 7) is 0.455. The van der Waals surface area contributed by atoms with Gasteiger partial charge >= 0.3 is 5.97 Å². The van der Waals surface area contributed by atoms with Crippen LogP contribution in [-0.4, -0.2) is 30.1 Å². The average molecular weight is 325 g/mol. The normalized spacial score (nSPS) is 16.2. The molecule has 5 heteroatoms. The molecule has 2 N–H and O–H groups in total. The number of aliphatic hydroxyl groups is 1. The van der Waals surface area contributed by atoms with Gasteiger partial charge in [-0.1, -0.05) is 30.3 Å². The third-order valence-electron chi connectivity index (χ3n) is 4.03. The minimum atomic E-state index is -0.364. The van der Waals surface area contributed by atoms with Crippen LogP contribution >= 0.6 is 0 Å². The fourth-order valence-electron chi connectivity index (χ4n) is 2.77. The van der Waals surface area contributed by atoms with Gasteiger partial charge in [-0.2, -0.15) is 0 Å². The molecule has 1 unspecified atom stereocenters. The first-order chi connectivity index (χ1) is 11.7. The fraction of sp³-hybridized carbons (Fsp3) is 0.263. The number of fused-ring (bicyclic) bond motifs is 1. The van der Waals surface area contributed by atoms with Crippen molar-refractivity contribution in [3.63, 3.8) is 0 Å². The van der Waals surface area contributed by atoms with E-state index in [-0.39, 0.29) is 24.6 Å². The second-order valence-electron chi connectivity index (χ2n) is 5.71. The Morgan fingerprint density at radius 2 is 2.00 bits per heavy atom. The predicted octanol–water partition coefficient (Wildman–Crippen LogP) is 2.25. The molecule has 2 aromatic carbocycles. The third-order valence-corrected chi connectivity index (χ3v) is 4.03. The molecule has 0 radical (unpaired) electrons. The zero-order chi connectivity index (χ0) is 16.9. The van der Waals surface area contributed by atoms with Crippen molar-refractivity contribution in [1.29, 1.82) is 0 Å². The third kappa shape index (κ3) is 3.46. The van der Waals surface area contributed by atoms with Crippen LogP contribution in [0.25, 0.3) is 0 Å². The van der Waals surface area contributed by atoms with Gasteiger partial charge in [-0.15, -0.1) is 0 Å². The van der Waals surface area contributed by atoms with Crippen LogP contribution in [0.4, 0.5) is 0 Å². The van der Waals surface area contributed by atoms with E-state index in [0.29, 0.717) is 30.5 Å². The van der Waals surface area contributed by atoms with Gasteiger partial charge in [-0.25, -0.2) is 4.79 Å². The maximum atomic E-state index is 12.2. The molecule has 1 amide bonds.